The van der Waals surface area contributed by atoms with E-state index < -0.39 is 41.4 Å². The molecule has 2 heterocycles. The van der Waals surface area contributed by atoms with Gasteiger partial charge < -0.3 is 9.84 Å². The third-order valence-corrected chi connectivity index (χ3v) is 7.92. The lowest BCUT2D eigenvalue weighted by molar-refractivity contribution is -0.152. The van der Waals surface area contributed by atoms with Gasteiger partial charge in [-0.15, -0.1) is 22.7 Å². The van der Waals surface area contributed by atoms with Crippen LogP contribution in [0.25, 0.3) is 0 Å². The Bertz CT molecular complexity index is 1040. The van der Waals surface area contributed by atoms with Crippen LogP contribution in [-0.4, -0.2) is 33.4 Å². The van der Waals surface area contributed by atoms with Gasteiger partial charge in [-0.2, -0.15) is 13.2 Å². The summed E-state index contributed by atoms with van der Waals surface area (Å²) in [5.41, 5.74) is -1.52. The van der Waals surface area contributed by atoms with Gasteiger partial charge in [-0.3, -0.25) is 4.79 Å². The van der Waals surface area contributed by atoms with Gasteiger partial charge in [0.25, 0.3) is 0 Å². The average Bonchev–Trinajstić information content (AvgIpc) is 3.39. The molecule has 1 aromatic carbocycles. The maximum Gasteiger partial charge on any atom is 0.417 e. The van der Waals surface area contributed by atoms with E-state index in [1.807, 2.05) is 12.3 Å². The summed E-state index contributed by atoms with van der Waals surface area (Å²) in [5.74, 6) is -0.675. The second-order valence-corrected chi connectivity index (χ2v) is 9.89. The fraction of sp³-hybridized carbons (Fsp3) is 0.316. The van der Waals surface area contributed by atoms with E-state index in [9.17, 15) is 23.1 Å². The number of carbonyl (C=O) groups excluding carboxylic acids is 1. The molecule has 1 unspecified atom stereocenters. The van der Waals surface area contributed by atoms with Crippen molar-refractivity contribution in [3.8, 4) is 0 Å². The van der Waals surface area contributed by atoms with E-state index in [0.29, 0.717) is 9.35 Å². The van der Waals surface area contributed by atoms with Crippen molar-refractivity contribution in [3.05, 3.63) is 62.0 Å². The number of nitrogens with zero attached hydrogens (tertiary/aromatic N) is 2. The van der Waals surface area contributed by atoms with Crippen LogP contribution < -0.4 is 0 Å². The Morgan fingerprint density at radius 1 is 1.32 bits per heavy atom. The molecule has 0 aliphatic rings. The summed E-state index contributed by atoms with van der Waals surface area (Å²) in [5, 5.41) is 13.6. The van der Waals surface area contributed by atoms with E-state index in [0.717, 1.165) is 17.8 Å². The SMILES string of the molecule is Cc1csc(SCC(CO)(C(=O)OCc2ccc(Cl)c(C(F)(F)F)c2)c2nccs2)n1. The summed E-state index contributed by atoms with van der Waals surface area (Å²) in [7, 11) is 0. The number of carbonyl (C=O) groups is 1. The topological polar surface area (TPSA) is 72.3 Å². The Morgan fingerprint density at radius 2 is 2.10 bits per heavy atom. The van der Waals surface area contributed by atoms with Crippen molar-refractivity contribution in [1.29, 1.82) is 0 Å². The predicted octanol–water partition coefficient (Wildman–Crippen LogP) is 5.35. The molecule has 5 nitrogen and oxygen atoms in total. The first-order valence-electron chi connectivity index (χ1n) is 8.74. The number of aliphatic hydroxyl groups is 1. The smallest absolute Gasteiger partial charge is 0.417 e. The third kappa shape index (κ3) is 5.58. The molecular weight excluding hydrogens is 493 g/mol. The number of aliphatic hydroxyl groups excluding tert-OH is 1. The van der Waals surface area contributed by atoms with E-state index in [1.54, 1.807) is 5.38 Å². The van der Waals surface area contributed by atoms with E-state index in [1.165, 1.54) is 46.7 Å². The molecule has 0 saturated heterocycles. The number of halogens is 4. The molecular formula is C19H16ClF3N2O3S3. The zero-order chi connectivity index (χ0) is 22.6. The normalized spacial score (nSPS) is 13.7. The molecule has 1 atom stereocenters. The number of ether oxygens (including phenoxy) is 1. The largest absolute Gasteiger partial charge is 0.460 e. The number of hydrogen-bond acceptors (Lipinski definition) is 8. The zero-order valence-electron chi connectivity index (χ0n) is 16.0. The van der Waals surface area contributed by atoms with Crippen LogP contribution in [0.1, 0.15) is 21.8 Å². The monoisotopic (exact) mass is 508 g/mol. The highest BCUT2D eigenvalue weighted by Crippen LogP contribution is 2.37. The van der Waals surface area contributed by atoms with Crippen LogP contribution in [0.2, 0.25) is 5.02 Å². The van der Waals surface area contributed by atoms with Crippen LogP contribution in [0.5, 0.6) is 0 Å². The van der Waals surface area contributed by atoms with Gasteiger partial charge in [-0.1, -0.05) is 29.4 Å². The Hall–Kier alpha value is -1.66. The summed E-state index contributed by atoms with van der Waals surface area (Å²) in [6.45, 7) is 0.856. The Labute approximate surface area is 193 Å². The standard InChI is InChI=1S/C19H16ClF3N2O3S3/c1-11-8-30-17(25-11)31-10-18(9-26,15-24-4-5-29-15)16(27)28-7-12-2-3-14(20)13(6-12)19(21,22)23/h2-6,8,26H,7,9-10H2,1H3. The number of thioether (sulfide) groups is 1. The summed E-state index contributed by atoms with van der Waals surface area (Å²) < 4.78 is 45.3. The average molecular weight is 509 g/mol. The van der Waals surface area contributed by atoms with Crippen molar-refractivity contribution in [2.75, 3.05) is 12.4 Å². The Morgan fingerprint density at radius 3 is 2.68 bits per heavy atom. The quantitative estimate of drug-likeness (QED) is 0.327. The van der Waals surface area contributed by atoms with Gasteiger partial charge in [-0.25, -0.2) is 9.97 Å². The maximum absolute atomic E-state index is 13.1. The molecule has 12 heteroatoms. The van der Waals surface area contributed by atoms with Crippen molar-refractivity contribution in [2.45, 2.75) is 29.5 Å². The minimum atomic E-state index is -4.63. The fourth-order valence-corrected chi connectivity index (χ4v) is 5.77. The summed E-state index contributed by atoms with van der Waals surface area (Å²) >= 11 is 9.50. The minimum absolute atomic E-state index is 0.108. The molecule has 0 fully saturated rings. The lowest BCUT2D eigenvalue weighted by Crippen LogP contribution is -2.43. The number of aromatic nitrogens is 2. The van der Waals surface area contributed by atoms with Crippen LogP contribution >= 0.6 is 46.0 Å². The lowest BCUT2D eigenvalue weighted by Gasteiger charge is -2.27. The van der Waals surface area contributed by atoms with E-state index in [4.69, 9.17) is 16.3 Å². The summed E-state index contributed by atoms with van der Waals surface area (Å²) in [6.07, 6.45) is -3.12. The van der Waals surface area contributed by atoms with Crippen molar-refractivity contribution in [3.63, 3.8) is 0 Å². The number of hydrogen-bond donors (Lipinski definition) is 1. The molecule has 3 aromatic rings. The minimum Gasteiger partial charge on any atom is -0.460 e. The van der Waals surface area contributed by atoms with Gasteiger partial charge in [-0.05, 0) is 24.6 Å². The zero-order valence-corrected chi connectivity index (χ0v) is 19.2. The van der Waals surface area contributed by atoms with Crippen molar-refractivity contribution in [2.24, 2.45) is 0 Å². The number of alkyl halides is 3. The van der Waals surface area contributed by atoms with E-state index >= 15 is 0 Å². The second-order valence-electron chi connectivity index (χ2n) is 6.51. The van der Waals surface area contributed by atoms with Crippen molar-refractivity contribution < 1.29 is 27.8 Å². The molecule has 3 rings (SSSR count). The van der Waals surface area contributed by atoms with Gasteiger partial charge in [0.1, 0.15) is 16.0 Å². The number of esters is 1. The Balaban J connectivity index is 1.80. The maximum atomic E-state index is 13.1. The highest BCUT2D eigenvalue weighted by atomic mass is 35.5. The van der Waals surface area contributed by atoms with Crippen LogP contribution in [0, 0.1) is 6.92 Å². The highest BCUT2D eigenvalue weighted by molar-refractivity contribution is 8.01. The number of thiazole rings is 2. The van der Waals surface area contributed by atoms with Gasteiger partial charge >= 0.3 is 12.1 Å². The first-order valence-corrected chi connectivity index (χ1v) is 11.9. The molecule has 0 bridgehead atoms. The highest BCUT2D eigenvalue weighted by Gasteiger charge is 2.44. The lowest BCUT2D eigenvalue weighted by atomic mass is 9.92. The first-order chi connectivity index (χ1) is 14.7. The number of rotatable bonds is 8. The molecule has 0 aliphatic carbocycles. The molecule has 0 amide bonds. The van der Waals surface area contributed by atoms with Gasteiger partial charge in [0.2, 0.25) is 0 Å². The molecule has 0 radical (unpaired) electrons. The third-order valence-electron chi connectivity index (χ3n) is 4.25. The molecule has 2 aromatic heterocycles. The molecule has 0 aliphatic heterocycles. The van der Waals surface area contributed by atoms with Crippen LogP contribution in [-0.2, 0) is 27.7 Å². The predicted molar refractivity (Wildman–Crippen MR) is 115 cm³/mol. The van der Waals surface area contributed by atoms with Gasteiger partial charge in [0, 0.05) is 28.4 Å². The molecule has 166 valence electrons. The molecule has 1 N–H and O–H groups in total. The fourth-order valence-electron chi connectivity index (χ4n) is 2.60. The van der Waals surface area contributed by atoms with Crippen LogP contribution in [0.3, 0.4) is 0 Å². The van der Waals surface area contributed by atoms with Crippen LogP contribution in [0.15, 0.2) is 39.5 Å². The van der Waals surface area contributed by atoms with Crippen molar-refractivity contribution in [1.82, 2.24) is 9.97 Å². The van der Waals surface area contributed by atoms with Gasteiger partial charge in [0.05, 0.1) is 17.2 Å². The molecule has 0 spiro atoms. The number of aryl methyl sites for hydroxylation is 1. The number of benzene rings is 1. The van der Waals surface area contributed by atoms with Gasteiger partial charge in [0.15, 0.2) is 5.41 Å². The summed E-state index contributed by atoms with van der Waals surface area (Å²) in [4.78, 5) is 21.6. The molecule has 31 heavy (non-hydrogen) atoms. The molecule has 0 saturated carbocycles. The summed E-state index contributed by atoms with van der Waals surface area (Å²) in [6, 6.07) is 3.29. The van der Waals surface area contributed by atoms with E-state index in [2.05, 4.69) is 9.97 Å². The van der Waals surface area contributed by atoms with Crippen molar-refractivity contribution >= 4 is 52.0 Å². The second kappa shape index (κ2) is 9.86. The first kappa shape index (κ1) is 24.0. The van der Waals surface area contributed by atoms with Crippen LogP contribution in [0.4, 0.5) is 13.2 Å². The Kier molecular flexibility index (Phi) is 7.63. The van der Waals surface area contributed by atoms with E-state index in [-0.39, 0.29) is 11.3 Å².